The minimum atomic E-state index is -0.405. The highest BCUT2D eigenvalue weighted by Crippen LogP contribution is 2.32. The molecule has 0 radical (unpaired) electrons. The zero-order valence-corrected chi connectivity index (χ0v) is 17.8. The molecule has 1 aliphatic heterocycles. The SMILES string of the molecule is COc1ccc(Cl)cc1NC(=O)Nc1ccc2c(c1)CCCN2C(=O)c1cccs1. The summed E-state index contributed by atoms with van der Waals surface area (Å²) in [5.74, 6) is 0.528. The number of thiophene rings is 1. The lowest BCUT2D eigenvalue weighted by Crippen LogP contribution is -2.35. The van der Waals surface area contributed by atoms with E-state index in [-0.39, 0.29) is 5.91 Å². The third kappa shape index (κ3) is 4.27. The molecule has 0 unspecified atom stereocenters. The molecule has 1 aromatic heterocycles. The zero-order chi connectivity index (χ0) is 21.1. The second-order valence-electron chi connectivity index (χ2n) is 6.80. The summed E-state index contributed by atoms with van der Waals surface area (Å²) in [6, 6.07) is 13.9. The number of benzene rings is 2. The largest absolute Gasteiger partial charge is 0.495 e. The number of nitrogens with zero attached hydrogens (tertiary/aromatic N) is 1. The highest BCUT2D eigenvalue weighted by atomic mass is 35.5. The van der Waals surface area contributed by atoms with Gasteiger partial charge in [-0.25, -0.2) is 4.79 Å². The van der Waals surface area contributed by atoms with Gasteiger partial charge in [0.05, 0.1) is 17.7 Å². The number of anilines is 3. The predicted molar refractivity (Wildman–Crippen MR) is 121 cm³/mol. The Morgan fingerprint density at radius 1 is 1.13 bits per heavy atom. The third-order valence-electron chi connectivity index (χ3n) is 4.84. The van der Waals surface area contributed by atoms with Gasteiger partial charge in [0.15, 0.2) is 0 Å². The minimum absolute atomic E-state index is 0.0115. The summed E-state index contributed by atoms with van der Waals surface area (Å²) in [4.78, 5) is 27.8. The number of halogens is 1. The quantitative estimate of drug-likeness (QED) is 0.549. The molecule has 1 aliphatic rings. The van der Waals surface area contributed by atoms with Crippen molar-refractivity contribution in [2.24, 2.45) is 0 Å². The van der Waals surface area contributed by atoms with Gasteiger partial charge in [0.1, 0.15) is 5.75 Å². The van der Waals surface area contributed by atoms with Gasteiger partial charge in [-0.3, -0.25) is 4.79 Å². The van der Waals surface area contributed by atoms with Crippen molar-refractivity contribution in [1.29, 1.82) is 0 Å². The molecule has 6 nitrogen and oxygen atoms in total. The van der Waals surface area contributed by atoms with E-state index in [0.717, 1.165) is 29.0 Å². The average molecular weight is 442 g/mol. The van der Waals surface area contributed by atoms with Crippen molar-refractivity contribution < 1.29 is 14.3 Å². The number of methoxy groups -OCH3 is 1. The van der Waals surface area contributed by atoms with Gasteiger partial charge >= 0.3 is 6.03 Å². The molecule has 4 rings (SSSR count). The Morgan fingerprint density at radius 2 is 2.00 bits per heavy atom. The van der Waals surface area contributed by atoms with E-state index in [9.17, 15) is 9.59 Å². The Kier molecular flexibility index (Phi) is 5.92. The van der Waals surface area contributed by atoms with E-state index in [1.165, 1.54) is 18.4 Å². The molecule has 0 bridgehead atoms. The number of hydrogen-bond donors (Lipinski definition) is 2. The van der Waals surface area contributed by atoms with Gasteiger partial charge in [-0.05, 0) is 66.2 Å². The lowest BCUT2D eigenvalue weighted by molar-refractivity contribution is 0.0989. The molecule has 0 aliphatic carbocycles. The summed E-state index contributed by atoms with van der Waals surface area (Å²) in [5, 5.41) is 7.98. The summed E-state index contributed by atoms with van der Waals surface area (Å²) >= 11 is 7.45. The van der Waals surface area contributed by atoms with Crippen LogP contribution in [0.3, 0.4) is 0 Å². The molecule has 0 fully saturated rings. The minimum Gasteiger partial charge on any atom is -0.495 e. The number of rotatable bonds is 4. The molecule has 3 amide bonds. The summed E-state index contributed by atoms with van der Waals surface area (Å²) in [5.41, 5.74) is 3.05. The van der Waals surface area contributed by atoms with Gasteiger partial charge in [-0.1, -0.05) is 17.7 Å². The molecule has 2 aromatic carbocycles. The van der Waals surface area contributed by atoms with Crippen molar-refractivity contribution in [1.82, 2.24) is 0 Å². The third-order valence-corrected chi connectivity index (χ3v) is 5.94. The monoisotopic (exact) mass is 441 g/mol. The molecule has 30 heavy (non-hydrogen) atoms. The van der Waals surface area contributed by atoms with Gasteiger partial charge < -0.3 is 20.3 Å². The van der Waals surface area contributed by atoms with Crippen LogP contribution in [-0.4, -0.2) is 25.6 Å². The number of urea groups is 1. The van der Waals surface area contributed by atoms with Gasteiger partial charge in [0.25, 0.3) is 5.91 Å². The lowest BCUT2D eigenvalue weighted by atomic mass is 10.0. The summed E-state index contributed by atoms with van der Waals surface area (Å²) in [6.45, 7) is 0.686. The van der Waals surface area contributed by atoms with Crippen molar-refractivity contribution >= 4 is 51.9 Å². The Hall–Kier alpha value is -3.03. The second-order valence-corrected chi connectivity index (χ2v) is 8.19. The smallest absolute Gasteiger partial charge is 0.323 e. The van der Waals surface area contributed by atoms with E-state index in [1.54, 1.807) is 24.3 Å². The number of carbonyl (C=O) groups excluding carboxylic acids is 2. The number of amides is 3. The van der Waals surface area contributed by atoms with Crippen LogP contribution in [0, 0.1) is 0 Å². The van der Waals surface area contributed by atoms with E-state index in [4.69, 9.17) is 16.3 Å². The van der Waals surface area contributed by atoms with Crippen LogP contribution < -0.4 is 20.3 Å². The van der Waals surface area contributed by atoms with E-state index >= 15 is 0 Å². The first-order valence-corrected chi connectivity index (χ1v) is 10.7. The topological polar surface area (TPSA) is 70.7 Å². The number of fused-ring (bicyclic) bond motifs is 1. The molecule has 0 atom stereocenters. The number of carbonyl (C=O) groups is 2. The lowest BCUT2D eigenvalue weighted by Gasteiger charge is -2.29. The Morgan fingerprint density at radius 3 is 2.77 bits per heavy atom. The molecular formula is C22H20ClN3O3S. The Labute approximate surface area is 183 Å². The average Bonchev–Trinajstić information content (AvgIpc) is 3.27. The molecule has 2 heterocycles. The molecule has 8 heteroatoms. The molecule has 3 aromatic rings. The van der Waals surface area contributed by atoms with Crippen LogP contribution in [-0.2, 0) is 6.42 Å². The van der Waals surface area contributed by atoms with E-state index in [2.05, 4.69) is 10.6 Å². The highest BCUT2D eigenvalue weighted by molar-refractivity contribution is 7.12. The molecular weight excluding hydrogens is 422 g/mol. The summed E-state index contributed by atoms with van der Waals surface area (Å²) < 4.78 is 5.25. The van der Waals surface area contributed by atoms with E-state index in [1.807, 2.05) is 34.5 Å². The van der Waals surface area contributed by atoms with Crippen LogP contribution in [0.2, 0.25) is 5.02 Å². The molecule has 154 valence electrons. The zero-order valence-electron chi connectivity index (χ0n) is 16.3. The van der Waals surface area contributed by atoms with E-state index < -0.39 is 6.03 Å². The second kappa shape index (κ2) is 8.77. The fraction of sp³-hybridized carbons (Fsp3) is 0.182. The van der Waals surface area contributed by atoms with Crippen molar-refractivity contribution in [2.45, 2.75) is 12.8 Å². The van der Waals surface area contributed by atoms with Crippen molar-refractivity contribution in [3.8, 4) is 5.75 Å². The summed E-state index contributed by atoms with van der Waals surface area (Å²) in [6.07, 6.45) is 1.72. The van der Waals surface area contributed by atoms with Crippen LogP contribution in [0.15, 0.2) is 53.9 Å². The maximum absolute atomic E-state index is 12.8. The van der Waals surface area contributed by atoms with Crippen LogP contribution in [0.25, 0.3) is 0 Å². The van der Waals surface area contributed by atoms with Crippen molar-refractivity contribution in [3.63, 3.8) is 0 Å². The Balaban J connectivity index is 1.50. The molecule has 0 saturated heterocycles. The first kappa shape index (κ1) is 20.3. The van der Waals surface area contributed by atoms with E-state index in [0.29, 0.717) is 28.7 Å². The van der Waals surface area contributed by atoms with Crippen LogP contribution in [0.5, 0.6) is 5.75 Å². The normalized spacial score (nSPS) is 12.8. The number of hydrogen-bond acceptors (Lipinski definition) is 4. The number of nitrogens with one attached hydrogen (secondary N) is 2. The first-order chi connectivity index (χ1) is 14.5. The fourth-order valence-corrected chi connectivity index (χ4v) is 4.33. The van der Waals surface area contributed by atoms with Gasteiger partial charge in [0.2, 0.25) is 0 Å². The molecule has 0 saturated carbocycles. The van der Waals surface area contributed by atoms with Gasteiger partial charge in [-0.2, -0.15) is 0 Å². The first-order valence-electron chi connectivity index (χ1n) is 9.45. The fourth-order valence-electron chi connectivity index (χ4n) is 3.48. The van der Waals surface area contributed by atoms with Crippen LogP contribution in [0.1, 0.15) is 21.7 Å². The maximum atomic E-state index is 12.8. The van der Waals surface area contributed by atoms with Gasteiger partial charge in [0, 0.05) is 22.9 Å². The maximum Gasteiger partial charge on any atom is 0.323 e. The number of ether oxygens (including phenoxy) is 1. The summed E-state index contributed by atoms with van der Waals surface area (Å²) in [7, 11) is 1.53. The Bertz CT molecular complexity index is 1090. The van der Waals surface area contributed by atoms with Crippen LogP contribution >= 0.6 is 22.9 Å². The molecule has 0 spiro atoms. The molecule has 2 N–H and O–H groups in total. The van der Waals surface area contributed by atoms with Crippen LogP contribution in [0.4, 0.5) is 21.9 Å². The van der Waals surface area contributed by atoms with Crippen molar-refractivity contribution in [2.75, 3.05) is 29.2 Å². The van der Waals surface area contributed by atoms with Gasteiger partial charge in [-0.15, -0.1) is 11.3 Å². The number of aryl methyl sites for hydroxylation is 1. The standard InChI is InChI=1S/C22H20ClN3O3S/c1-29-19-9-6-15(23)13-17(19)25-22(28)24-16-7-8-18-14(12-16)4-2-10-26(18)21(27)20-5-3-11-30-20/h3,5-9,11-13H,2,4,10H2,1H3,(H2,24,25,28). The predicted octanol–water partition coefficient (Wildman–Crippen LogP) is 5.65. The highest BCUT2D eigenvalue weighted by Gasteiger charge is 2.24. The van der Waals surface area contributed by atoms with Crippen molar-refractivity contribution in [3.05, 3.63) is 69.4 Å².